The average molecular weight is 263 g/mol. The number of rotatable bonds is 2. The SMILES string of the molecule is Nc1ncc(S(=O)(=O)N2CCCOCC2)s1. The van der Waals surface area contributed by atoms with Crippen LogP contribution < -0.4 is 5.73 Å². The van der Waals surface area contributed by atoms with E-state index < -0.39 is 10.0 Å². The second-order valence-electron chi connectivity index (χ2n) is 3.39. The Morgan fingerprint density at radius 3 is 2.94 bits per heavy atom. The van der Waals surface area contributed by atoms with E-state index in [1.807, 2.05) is 0 Å². The maximum absolute atomic E-state index is 12.1. The van der Waals surface area contributed by atoms with Crippen LogP contribution in [0.3, 0.4) is 0 Å². The van der Waals surface area contributed by atoms with Crippen LogP contribution >= 0.6 is 11.3 Å². The minimum absolute atomic E-state index is 0.201. The van der Waals surface area contributed by atoms with Gasteiger partial charge in [-0.25, -0.2) is 13.4 Å². The molecule has 1 fully saturated rings. The summed E-state index contributed by atoms with van der Waals surface area (Å²) in [6, 6.07) is 0. The fraction of sp³-hybridized carbons (Fsp3) is 0.625. The molecule has 1 aromatic rings. The van der Waals surface area contributed by atoms with Crippen molar-refractivity contribution >= 4 is 26.5 Å². The lowest BCUT2D eigenvalue weighted by molar-refractivity contribution is 0.148. The van der Waals surface area contributed by atoms with Crippen LogP contribution in [0.15, 0.2) is 10.4 Å². The summed E-state index contributed by atoms with van der Waals surface area (Å²) in [4.78, 5) is 3.76. The Morgan fingerprint density at radius 1 is 1.44 bits per heavy atom. The zero-order chi connectivity index (χ0) is 11.6. The Balaban J connectivity index is 2.23. The number of nitrogens with zero attached hydrogens (tertiary/aromatic N) is 2. The monoisotopic (exact) mass is 263 g/mol. The third-order valence-electron chi connectivity index (χ3n) is 2.28. The largest absolute Gasteiger partial charge is 0.380 e. The zero-order valence-corrected chi connectivity index (χ0v) is 10.3. The van der Waals surface area contributed by atoms with Gasteiger partial charge in [-0.1, -0.05) is 11.3 Å². The third-order valence-corrected chi connectivity index (χ3v) is 5.44. The normalized spacial score (nSPS) is 19.5. The molecule has 0 radical (unpaired) electrons. The molecule has 8 heteroatoms. The maximum atomic E-state index is 12.1. The van der Waals surface area contributed by atoms with Gasteiger partial charge in [-0.3, -0.25) is 0 Å². The summed E-state index contributed by atoms with van der Waals surface area (Å²) in [7, 11) is -3.44. The number of aromatic nitrogens is 1. The van der Waals surface area contributed by atoms with Crippen LogP contribution in [0.25, 0.3) is 0 Å². The maximum Gasteiger partial charge on any atom is 0.254 e. The number of nitrogens with two attached hydrogens (primary N) is 1. The van der Waals surface area contributed by atoms with Crippen LogP contribution in [-0.2, 0) is 14.8 Å². The standard InChI is InChI=1S/C8H13N3O3S2/c9-8-10-6-7(15-8)16(12,13)11-2-1-4-14-5-3-11/h6H,1-5H2,(H2,9,10). The highest BCUT2D eigenvalue weighted by molar-refractivity contribution is 7.91. The molecule has 0 amide bonds. The number of ether oxygens (including phenoxy) is 1. The smallest absolute Gasteiger partial charge is 0.254 e. The van der Waals surface area contributed by atoms with E-state index in [9.17, 15) is 8.42 Å². The van der Waals surface area contributed by atoms with Crippen LogP contribution in [-0.4, -0.2) is 44.0 Å². The van der Waals surface area contributed by atoms with E-state index in [1.165, 1.54) is 10.5 Å². The summed E-state index contributed by atoms with van der Waals surface area (Å²) in [5.41, 5.74) is 5.44. The molecule has 0 aliphatic carbocycles. The lowest BCUT2D eigenvalue weighted by atomic mass is 10.5. The topological polar surface area (TPSA) is 85.5 Å². The van der Waals surface area contributed by atoms with E-state index in [-0.39, 0.29) is 9.34 Å². The van der Waals surface area contributed by atoms with Gasteiger partial charge in [0.2, 0.25) is 0 Å². The fourth-order valence-corrected chi connectivity index (χ4v) is 4.02. The van der Waals surface area contributed by atoms with E-state index in [1.54, 1.807) is 0 Å². The Hall–Kier alpha value is -0.700. The number of anilines is 1. The van der Waals surface area contributed by atoms with Crippen molar-refractivity contribution in [3.8, 4) is 0 Å². The van der Waals surface area contributed by atoms with Gasteiger partial charge in [-0.2, -0.15) is 4.31 Å². The Labute approximate surface area is 98.1 Å². The van der Waals surface area contributed by atoms with Crippen molar-refractivity contribution in [2.75, 3.05) is 32.0 Å². The predicted octanol–water partition coefficient (Wildman–Crippen LogP) is 0.136. The van der Waals surface area contributed by atoms with Gasteiger partial charge >= 0.3 is 0 Å². The molecule has 1 aliphatic rings. The van der Waals surface area contributed by atoms with Gasteiger partial charge in [-0.15, -0.1) is 0 Å². The van der Waals surface area contributed by atoms with Gasteiger partial charge in [0.1, 0.15) is 0 Å². The van der Waals surface area contributed by atoms with Crippen molar-refractivity contribution in [3.63, 3.8) is 0 Å². The van der Waals surface area contributed by atoms with E-state index in [0.29, 0.717) is 32.7 Å². The van der Waals surface area contributed by atoms with Crippen molar-refractivity contribution in [1.82, 2.24) is 9.29 Å². The molecule has 0 unspecified atom stereocenters. The molecule has 0 spiro atoms. The second-order valence-corrected chi connectivity index (χ2v) is 6.61. The van der Waals surface area contributed by atoms with Crippen molar-refractivity contribution < 1.29 is 13.2 Å². The number of hydrogen-bond donors (Lipinski definition) is 1. The van der Waals surface area contributed by atoms with E-state index in [0.717, 1.165) is 11.3 Å². The Bertz CT molecular complexity index is 449. The molecule has 1 saturated heterocycles. The molecule has 90 valence electrons. The summed E-state index contributed by atoms with van der Waals surface area (Å²) >= 11 is 0.991. The molecule has 16 heavy (non-hydrogen) atoms. The van der Waals surface area contributed by atoms with Crippen LogP contribution in [0, 0.1) is 0 Å². The lowest BCUT2D eigenvalue weighted by Crippen LogP contribution is -2.32. The second kappa shape index (κ2) is 4.66. The first-order valence-corrected chi connectivity index (χ1v) is 7.15. The molecule has 1 aliphatic heterocycles. The minimum atomic E-state index is -3.44. The van der Waals surface area contributed by atoms with Crippen LogP contribution in [0.4, 0.5) is 5.13 Å². The van der Waals surface area contributed by atoms with Gasteiger partial charge in [0.25, 0.3) is 10.0 Å². The third kappa shape index (κ3) is 2.34. The average Bonchev–Trinajstić information content (AvgIpc) is 2.54. The first-order chi connectivity index (χ1) is 7.60. The highest BCUT2D eigenvalue weighted by Crippen LogP contribution is 2.24. The highest BCUT2D eigenvalue weighted by atomic mass is 32.2. The number of nitrogen functional groups attached to an aromatic ring is 1. The summed E-state index contributed by atoms with van der Waals surface area (Å²) < 4.78 is 31.1. The summed E-state index contributed by atoms with van der Waals surface area (Å²) in [5, 5.41) is 0.268. The van der Waals surface area contributed by atoms with Crippen molar-refractivity contribution in [2.45, 2.75) is 10.6 Å². The predicted molar refractivity (Wildman–Crippen MR) is 60.7 cm³/mol. The fourth-order valence-electron chi connectivity index (χ4n) is 1.48. The van der Waals surface area contributed by atoms with E-state index in [2.05, 4.69) is 4.98 Å². The quantitative estimate of drug-likeness (QED) is 0.820. The summed E-state index contributed by atoms with van der Waals surface area (Å²) in [6.07, 6.45) is 2.02. The van der Waals surface area contributed by atoms with Gasteiger partial charge in [0.15, 0.2) is 9.34 Å². The van der Waals surface area contributed by atoms with Crippen LogP contribution in [0.1, 0.15) is 6.42 Å². The summed E-state index contributed by atoms with van der Waals surface area (Å²) in [5.74, 6) is 0. The van der Waals surface area contributed by atoms with Crippen LogP contribution in [0.5, 0.6) is 0 Å². The molecule has 2 rings (SSSR count). The van der Waals surface area contributed by atoms with E-state index >= 15 is 0 Å². The number of sulfonamides is 1. The van der Waals surface area contributed by atoms with Gasteiger partial charge in [0, 0.05) is 19.7 Å². The lowest BCUT2D eigenvalue weighted by Gasteiger charge is -2.17. The van der Waals surface area contributed by atoms with Gasteiger partial charge < -0.3 is 10.5 Å². The molecule has 2 heterocycles. The molecular formula is C8H13N3O3S2. The molecule has 0 aromatic carbocycles. The molecular weight excluding hydrogens is 250 g/mol. The Kier molecular flexibility index (Phi) is 3.43. The molecule has 0 saturated carbocycles. The molecule has 2 N–H and O–H groups in total. The summed E-state index contributed by atoms with van der Waals surface area (Å²) in [6.45, 7) is 1.92. The van der Waals surface area contributed by atoms with Crippen molar-refractivity contribution in [1.29, 1.82) is 0 Å². The highest BCUT2D eigenvalue weighted by Gasteiger charge is 2.27. The Morgan fingerprint density at radius 2 is 2.25 bits per heavy atom. The number of thiazole rings is 1. The number of hydrogen-bond acceptors (Lipinski definition) is 6. The van der Waals surface area contributed by atoms with Gasteiger partial charge in [-0.05, 0) is 6.42 Å². The van der Waals surface area contributed by atoms with Crippen LogP contribution in [0.2, 0.25) is 0 Å². The molecule has 0 atom stereocenters. The zero-order valence-electron chi connectivity index (χ0n) is 8.63. The van der Waals surface area contributed by atoms with Gasteiger partial charge in [0.05, 0.1) is 12.8 Å². The molecule has 0 bridgehead atoms. The molecule has 1 aromatic heterocycles. The molecule has 6 nitrogen and oxygen atoms in total. The van der Waals surface area contributed by atoms with Crippen molar-refractivity contribution in [2.24, 2.45) is 0 Å². The first kappa shape index (κ1) is 11.8. The minimum Gasteiger partial charge on any atom is -0.380 e. The van der Waals surface area contributed by atoms with Crippen molar-refractivity contribution in [3.05, 3.63) is 6.20 Å². The van der Waals surface area contributed by atoms with E-state index in [4.69, 9.17) is 10.5 Å². The first-order valence-electron chi connectivity index (χ1n) is 4.90.